The summed E-state index contributed by atoms with van der Waals surface area (Å²) in [6.45, 7) is 0.834. The van der Waals surface area contributed by atoms with Gasteiger partial charge in [0.15, 0.2) is 0 Å². The van der Waals surface area contributed by atoms with Crippen LogP contribution >= 0.6 is 0 Å². The number of aliphatic imine (C=N–C) groups is 1. The van der Waals surface area contributed by atoms with Crippen molar-refractivity contribution in [2.45, 2.75) is 6.42 Å². The molecule has 0 N–H and O–H groups in total. The van der Waals surface area contributed by atoms with Crippen molar-refractivity contribution in [3.05, 3.63) is 12.2 Å². The highest BCUT2D eigenvalue weighted by Gasteiger charge is 2.02. The smallest absolute Gasteiger partial charge is 0.311 e. The lowest BCUT2D eigenvalue weighted by Crippen LogP contribution is -2.12. The molecule has 80 valence electrons. The lowest BCUT2D eigenvalue weighted by Gasteiger charge is -2.04. The maximum absolute atomic E-state index is 10.9. The minimum atomic E-state index is -0.264. The van der Waals surface area contributed by atoms with E-state index in [0.29, 0.717) is 0 Å². The normalized spacial score (nSPS) is 12.5. The molecule has 0 saturated carbocycles. The van der Waals surface area contributed by atoms with Gasteiger partial charge in [0.05, 0.1) is 13.5 Å². The van der Waals surface area contributed by atoms with E-state index < -0.39 is 0 Å². The number of likely N-dealkylation sites (N-methyl/N-ethyl adjacent to an activating group) is 1. The van der Waals surface area contributed by atoms with Gasteiger partial charge in [-0.1, -0.05) is 6.08 Å². The number of nitrogens with zero attached hydrogens (tertiary/aromatic N) is 2. The van der Waals surface area contributed by atoms with E-state index in [1.54, 1.807) is 7.05 Å². The first-order valence-corrected chi connectivity index (χ1v) is 4.44. The van der Waals surface area contributed by atoms with Gasteiger partial charge in [-0.3, -0.25) is 9.79 Å². The van der Waals surface area contributed by atoms with E-state index in [2.05, 4.69) is 9.73 Å². The molecular formula is C10H18N2O2. The van der Waals surface area contributed by atoms with Gasteiger partial charge in [0.1, 0.15) is 0 Å². The summed E-state index contributed by atoms with van der Waals surface area (Å²) in [4.78, 5) is 16.9. The second-order valence-electron chi connectivity index (χ2n) is 3.13. The molecule has 4 nitrogen and oxygen atoms in total. The standard InChI is InChI=1S/C10H18N2O2/c1-11-9(8-10(13)14-4)6-5-7-12(2)3/h5-6H,7-8H2,1-4H3/b6-5-,11-9+. The predicted molar refractivity (Wildman–Crippen MR) is 57.7 cm³/mol. The fraction of sp³-hybridized carbons (Fsp3) is 0.600. The lowest BCUT2D eigenvalue weighted by molar-refractivity contribution is -0.139. The van der Waals surface area contributed by atoms with Crippen LogP contribution in [0.2, 0.25) is 0 Å². The van der Waals surface area contributed by atoms with Crippen molar-refractivity contribution < 1.29 is 9.53 Å². The first-order chi connectivity index (χ1) is 6.60. The molecule has 0 radical (unpaired) electrons. The van der Waals surface area contributed by atoms with E-state index in [9.17, 15) is 4.79 Å². The molecule has 0 saturated heterocycles. The zero-order valence-electron chi connectivity index (χ0n) is 9.28. The summed E-state index contributed by atoms with van der Waals surface area (Å²) in [6, 6.07) is 0. The van der Waals surface area contributed by atoms with E-state index in [1.807, 2.05) is 31.1 Å². The minimum absolute atomic E-state index is 0.233. The van der Waals surface area contributed by atoms with Crippen LogP contribution in [0.3, 0.4) is 0 Å². The molecule has 0 aromatic heterocycles. The molecule has 0 aliphatic heterocycles. The number of hydrogen-bond donors (Lipinski definition) is 0. The van der Waals surface area contributed by atoms with E-state index in [0.717, 1.165) is 12.3 Å². The summed E-state index contributed by atoms with van der Waals surface area (Å²) >= 11 is 0. The molecule has 14 heavy (non-hydrogen) atoms. The average Bonchev–Trinajstić information content (AvgIpc) is 2.15. The summed E-state index contributed by atoms with van der Waals surface area (Å²) < 4.78 is 4.55. The Morgan fingerprint density at radius 1 is 1.50 bits per heavy atom. The number of rotatable bonds is 5. The molecule has 0 fully saturated rings. The predicted octanol–water partition coefficient (Wildman–Crippen LogP) is 0.738. The molecule has 0 aromatic rings. The maximum atomic E-state index is 10.9. The summed E-state index contributed by atoms with van der Waals surface area (Å²) in [6.07, 6.45) is 4.04. The quantitative estimate of drug-likeness (QED) is 0.483. The second kappa shape index (κ2) is 7.26. The van der Waals surface area contributed by atoms with E-state index in [1.165, 1.54) is 7.11 Å². The van der Waals surface area contributed by atoms with Crippen molar-refractivity contribution in [3.8, 4) is 0 Å². The average molecular weight is 198 g/mol. The Kier molecular flexibility index (Phi) is 6.66. The van der Waals surface area contributed by atoms with Gasteiger partial charge in [-0.05, 0) is 20.2 Å². The molecular weight excluding hydrogens is 180 g/mol. The number of hydrogen-bond acceptors (Lipinski definition) is 4. The van der Waals surface area contributed by atoms with Crippen molar-refractivity contribution in [2.24, 2.45) is 4.99 Å². The Morgan fingerprint density at radius 2 is 2.14 bits per heavy atom. The van der Waals surface area contributed by atoms with Gasteiger partial charge in [0.25, 0.3) is 0 Å². The molecule has 0 aliphatic carbocycles. The molecule has 0 unspecified atom stereocenters. The van der Waals surface area contributed by atoms with Crippen LogP contribution in [-0.4, -0.2) is 51.4 Å². The first kappa shape index (κ1) is 12.8. The maximum Gasteiger partial charge on any atom is 0.311 e. The second-order valence-corrected chi connectivity index (χ2v) is 3.13. The number of esters is 1. The Balaban J connectivity index is 4.04. The van der Waals surface area contributed by atoms with Gasteiger partial charge in [0.2, 0.25) is 0 Å². The van der Waals surface area contributed by atoms with Gasteiger partial charge in [-0.2, -0.15) is 0 Å². The number of carbonyl (C=O) groups is 1. The molecule has 0 atom stereocenters. The number of methoxy groups -OCH3 is 1. The van der Waals surface area contributed by atoms with Crippen LogP contribution in [-0.2, 0) is 9.53 Å². The highest BCUT2D eigenvalue weighted by Crippen LogP contribution is 1.92. The summed E-state index contributed by atoms with van der Waals surface area (Å²) in [5.41, 5.74) is 0.735. The third-order valence-corrected chi connectivity index (χ3v) is 1.62. The minimum Gasteiger partial charge on any atom is -0.469 e. The molecule has 0 spiro atoms. The van der Waals surface area contributed by atoms with Crippen LogP contribution in [0.4, 0.5) is 0 Å². The van der Waals surface area contributed by atoms with Crippen LogP contribution < -0.4 is 0 Å². The molecule has 0 heterocycles. The van der Waals surface area contributed by atoms with Gasteiger partial charge in [-0.15, -0.1) is 0 Å². The van der Waals surface area contributed by atoms with Crippen molar-refractivity contribution in [1.29, 1.82) is 0 Å². The Labute approximate surface area is 85.3 Å². The van der Waals surface area contributed by atoms with Crippen molar-refractivity contribution in [1.82, 2.24) is 4.90 Å². The Hall–Kier alpha value is -1.16. The lowest BCUT2D eigenvalue weighted by atomic mass is 10.2. The Bertz CT molecular complexity index is 232. The van der Waals surface area contributed by atoms with Crippen LogP contribution in [0.25, 0.3) is 0 Å². The SMILES string of the molecule is C/N=C(\C=C/CN(C)C)CC(=O)OC. The van der Waals surface area contributed by atoms with Crippen molar-refractivity contribution >= 4 is 11.7 Å². The summed E-state index contributed by atoms with van der Waals surface area (Å²) in [7, 11) is 7.00. The third-order valence-electron chi connectivity index (χ3n) is 1.62. The fourth-order valence-corrected chi connectivity index (χ4v) is 0.832. The van der Waals surface area contributed by atoms with E-state index in [4.69, 9.17) is 0 Å². The van der Waals surface area contributed by atoms with Gasteiger partial charge < -0.3 is 9.64 Å². The Morgan fingerprint density at radius 3 is 2.57 bits per heavy atom. The summed E-state index contributed by atoms with van der Waals surface area (Å²) in [5, 5.41) is 0. The molecule has 0 bridgehead atoms. The fourth-order valence-electron chi connectivity index (χ4n) is 0.832. The first-order valence-electron chi connectivity index (χ1n) is 4.44. The molecule has 0 rings (SSSR count). The topological polar surface area (TPSA) is 41.9 Å². The summed E-state index contributed by atoms with van der Waals surface area (Å²) in [5.74, 6) is -0.264. The van der Waals surface area contributed by atoms with Crippen LogP contribution in [0.5, 0.6) is 0 Å². The van der Waals surface area contributed by atoms with Gasteiger partial charge in [0, 0.05) is 19.3 Å². The zero-order valence-corrected chi connectivity index (χ0v) is 9.28. The highest BCUT2D eigenvalue weighted by atomic mass is 16.5. The van der Waals surface area contributed by atoms with Crippen molar-refractivity contribution in [2.75, 3.05) is 34.8 Å². The van der Waals surface area contributed by atoms with Crippen LogP contribution in [0, 0.1) is 0 Å². The van der Waals surface area contributed by atoms with Crippen molar-refractivity contribution in [3.63, 3.8) is 0 Å². The van der Waals surface area contributed by atoms with E-state index >= 15 is 0 Å². The molecule has 0 aliphatic rings. The van der Waals surface area contributed by atoms with Gasteiger partial charge >= 0.3 is 5.97 Å². The van der Waals surface area contributed by atoms with Crippen LogP contribution in [0.1, 0.15) is 6.42 Å². The van der Waals surface area contributed by atoms with E-state index in [-0.39, 0.29) is 12.4 Å². The number of carbonyl (C=O) groups excluding carboxylic acids is 1. The number of ether oxygens (including phenoxy) is 1. The third kappa shape index (κ3) is 6.37. The molecule has 4 heteroatoms. The molecule has 0 amide bonds. The molecule has 0 aromatic carbocycles. The zero-order chi connectivity index (χ0) is 11.0. The largest absolute Gasteiger partial charge is 0.469 e. The monoisotopic (exact) mass is 198 g/mol. The number of allylic oxidation sites excluding steroid dienone is 1. The highest BCUT2D eigenvalue weighted by molar-refractivity contribution is 6.05. The van der Waals surface area contributed by atoms with Gasteiger partial charge in [-0.25, -0.2) is 0 Å². The van der Waals surface area contributed by atoms with Crippen LogP contribution in [0.15, 0.2) is 17.1 Å².